The zero-order valence-electron chi connectivity index (χ0n) is 8.91. The van der Waals surface area contributed by atoms with E-state index in [4.69, 9.17) is 5.84 Å². The van der Waals surface area contributed by atoms with Gasteiger partial charge in [0.15, 0.2) is 5.69 Å². The maximum atomic E-state index is 7.66. The van der Waals surface area contributed by atoms with E-state index < -0.39 is 0 Å². The lowest BCUT2D eigenvalue weighted by molar-refractivity contribution is -0.751. The minimum Gasteiger partial charge on any atom is -0.464 e. The average Bonchev–Trinajstić information content (AvgIpc) is 2.18. The second kappa shape index (κ2) is 3.88. The van der Waals surface area contributed by atoms with Crippen molar-refractivity contribution in [2.75, 3.05) is 21.1 Å². The number of hydrogen-bond acceptors (Lipinski definition) is 1. The van der Waals surface area contributed by atoms with Crippen LogP contribution in [0.25, 0.3) is 5.84 Å². The van der Waals surface area contributed by atoms with Crippen LogP contribution < -0.4 is 9.60 Å². The number of para-hydroxylation sites is 2. The summed E-state index contributed by atoms with van der Waals surface area (Å²) in [5, 5.41) is 4.58. The number of quaternary nitrogens is 2. The lowest BCUT2D eigenvalue weighted by atomic mass is 10.2. The van der Waals surface area contributed by atoms with Crippen molar-refractivity contribution in [2.24, 2.45) is 5.10 Å². The predicted octanol–water partition coefficient (Wildman–Crippen LogP) is 0.982. The van der Waals surface area contributed by atoms with Crippen LogP contribution in [0.1, 0.15) is 0 Å². The molecule has 0 bridgehead atoms. The second-order valence-electron chi connectivity index (χ2n) is 3.68. The van der Waals surface area contributed by atoms with Crippen molar-refractivity contribution in [1.29, 1.82) is 0 Å². The van der Waals surface area contributed by atoms with Gasteiger partial charge in [-0.3, -0.25) is 0 Å². The molecule has 2 N–H and O–H groups in total. The Morgan fingerprint density at radius 1 is 1.36 bits per heavy atom. The summed E-state index contributed by atoms with van der Waals surface area (Å²) in [6.07, 6.45) is 0. The van der Waals surface area contributed by atoms with Gasteiger partial charge >= 0.3 is 0 Å². The van der Waals surface area contributed by atoms with Crippen LogP contribution in [0.4, 0.5) is 11.4 Å². The molecule has 1 aromatic carbocycles. The van der Waals surface area contributed by atoms with E-state index in [1.807, 2.05) is 38.4 Å². The van der Waals surface area contributed by atoms with Crippen molar-refractivity contribution in [3.63, 3.8) is 0 Å². The molecular weight excluding hydrogens is 176 g/mol. The van der Waals surface area contributed by atoms with Gasteiger partial charge in [0.25, 0.3) is 0 Å². The topological polar surface area (TPSA) is 40.6 Å². The van der Waals surface area contributed by atoms with E-state index in [9.17, 15) is 0 Å². The summed E-state index contributed by atoms with van der Waals surface area (Å²) in [6, 6.07) is 7.79. The van der Waals surface area contributed by atoms with Gasteiger partial charge in [-0.05, 0) is 0 Å². The van der Waals surface area contributed by atoms with E-state index in [1.165, 1.54) is 0 Å². The van der Waals surface area contributed by atoms with Crippen molar-refractivity contribution in [1.82, 2.24) is 4.59 Å². The first kappa shape index (κ1) is 10.8. The molecule has 0 amide bonds. The van der Waals surface area contributed by atoms with Gasteiger partial charge in [-0.15, -0.1) is 0 Å². The van der Waals surface area contributed by atoms with Crippen molar-refractivity contribution in [3.05, 3.63) is 30.1 Å². The second-order valence-corrected chi connectivity index (χ2v) is 3.68. The number of rotatable bonds is 3. The van der Waals surface area contributed by atoms with Crippen LogP contribution in [-0.4, -0.2) is 27.9 Å². The Kier molecular flexibility index (Phi) is 3.00. The summed E-state index contributed by atoms with van der Waals surface area (Å²) >= 11 is 0. The molecular formula is C10H17N4+. The first-order chi connectivity index (χ1) is 6.49. The van der Waals surface area contributed by atoms with Crippen LogP contribution in [0.5, 0.6) is 0 Å². The molecule has 0 fully saturated rings. The SMILES string of the molecule is C=N[N+](C)(C)c1ccccc1[NH+](C)[NH-]. The Morgan fingerprint density at radius 2 is 1.93 bits per heavy atom. The molecule has 14 heavy (non-hydrogen) atoms. The molecule has 0 heterocycles. The summed E-state index contributed by atoms with van der Waals surface area (Å²) in [4.78, 5) is 0. The highest BCUT2D eigenvalue weighted by Gasteiger charge is 2.23. The highest BCUT2D eigenvalue weighted by atomic mass is 15.6. The summed E-state index contributed by atoms with van der Waals surface area (Å²) in [7, 11) is 5.66. The smallest absolute Gasteiger partial charge is 0.219 e. The molecule has 1 unspecified atom stereocenters. The molecule has 76 valence electrons. The van der Waals surface area contributed by atoms with Gasteiger partial charge in [0.1, 0.15) is 0 Å². The lowest BCUT2D eigenvalue weighted by Gasteiger charge is -2.25. The van der Waals surface area contributed by atoms with Gasteiger partial charge in [-0.25, -0.2) is 0 Å². The monoisotopic (exact) mass is 193 g/mol. The molecule has 4 heteroatoms. The first-order valence-electron chi connectivity index (χ1n) is 4.46. The van der Waals surface area contributed by atoms with Crippen LogP contribution in [-0.2, 0) is 0 Å². The van der Waals surface area contributed by atoms with E-state index in [-0.39, 0.29) is 0 Å². The summed E-state index contributed by atoms with van der Waals surface area (Å²) < 4.78 is 0.340. The van der Waals surface area contributed by atoms with Gasteiger partial charge in [0, 0.05) is 18.9 Å². The first-order valence-corrected chi connectivity index (χ1v) is 4.46. The number of hydrogen-bond donors (Lipinski definition) is 1. The normalized spacial score (nSPS) is 13.7. The Morgan fingerprint density at radius 3 is 2.43 bits per heavy atom. The summed E-state index contributed by atoms with van der Waals surface area (Å²) in [5.41, 5.74) is 1.92. The molecule has 0 aromatic heterocycles. The average molecular weight is 193 g/mol. The molecule has 0 aliphatic carbocycles. The molecule has 0 saturated carbocycles. The Hall–Kier alpha value is -1.23. The van der Waals surface area contributed by atoms with Crippen molar-refractivity contribution in [3.8, 4) is 0 Å². The highest BCUT2D eigenvalue weighted by Crippen LogP contribution is 2.25. The fraction of sp³-hybridized carbons (Fsp3) is 0.300. The molecule has 0 saturated heterocycles. The Bertz CT molecular complexity index is 331. The standard InChI is InChI=1S/C10H17N4/c1-12-14(3,4)10-8-6-5-7-9(10)13(2)11/h5-8,11,13H,1H2,2-4H3/q+1. The Labute approximate surface area is 84.8 Å². The minimum absolute atomic E-state index is 0.340. The summed E-state index contributed by atoms with van der Waals surface area (Å²) in [6.45, 7) is 3.56. The number of benzene rings is 1. The van der Waals surface area contributed by atoms with Crippen molar-refractivity contribution in [2.45, 2.75) is 0 Å². The molecule has 1 aromatic rings. The van der Waals surface area contributed by atoms with E-state index in [0.717, 1.165) is 11.4 Å². The van der Waals surface area contributed by atoms with Crippen molar-refractivity contribution >= 4 is 18.1 Å². The largest absolute Gasteiger partial charge is 0.464 e. The zero-order chi connectivity index (χ0) is 10.8. The van der Waals surface area contributed by atoms with Crippen molar-refractivity contribution < 1.29 is 5.01 Å². The lowest BCUT2D eigenvalue weighted by Crippen LogP contribution is -2.96. The number of nitrogens with zero attached hydrogens (tertiary/aromatic N) is 2. The van der Waals surface area contributed by atoms with Crippen LogP contribution in [0.2, 0.25) is 0 Å². The van der Waals surface area contributed by atoms with Gasteiger partial charge in [-0.2, -0.15) is 4.59 Å². The molecule has 0 spiro atoms. The highest BCUT2D eigenvalue weighted by molar-refractivity contribution is 5.59. The van der Waals surface area contributed by atoms with E-state index in [1.54, 1.807) is 7.05 Å². The number of nitrogens with one attached hydrogen (secondary N) is 2. The fourth-order valence-corrected chi connectivity index (χ4v) is 1.34. The zero-order valence-corrected chi connectivity index (χ0v) is 8.91. The Balaban J connectivity index is 3.26. The van der Waals surface area contributed by atoms with E-state index in [0.29, 0.717) is 9.60 Å². The third kappa shape index (κ3) is 1.98. The van der Waals surface area contributed by atoms with Gasteiger partial charge in [0.2, 0.25) is 5.69 Å². The maximum absolute atomic E-state index is 7.66. The van der Waals surface area contributed by atoms with Gasteiger partial charge < -0.3 is 10.9 Å². The third-order valence-corrected chi connectivity index (χ3v) is 2.25. The molecule has 4 nitrogen and oxygen atoms in total. The van der Waals surface area contributed by atoms with Gasteiger partial charge in [-0.1, -0.05) is 17.2 Å². The van der Waals surface area contributed by atoms with Crippen LogP contribution >= 0.6 is 0 Å². The maximum Gasteiger partial charge on any atom is 0.219 e. The summed E-state index contributed by atoms with van der Waals surface area (Å²) in [5.74, 6) is 7.66. The van der Waals surface area contributed by atoms with E-state index in [2.05, 4.69) is 11.8 Å². The molecule has 1 rings (SSSR count). The fourth-order valence-electron chi connectivity index (χ4n) is 1.34. The quantitative estimate of drug-likeness (QED) is 0.422. The van der Waals surface area contributed by atoms with Crippen LogP contribution in [0.3, 0.4) is 0 Å². The molecule has 0 radical (unpaired) electrons. The molecule has 1 atom stereocenters. The predicted molar refractivity (Wildman–Crippen MR) is 60.5 cm³/mol. The molecule has 0 aliphatic heterocycles. The van der Waals surface area contributed by atoms with E-state index >= 15 is 0 Å². The van der Waals surface area contributed by atoms with Gasteiger partial charge in [0.05, 0.1) is 21.1 Å². The minimum atomic E-state index is 0.340. The van der Waals surface area contributed by atoms with Crippen LogP contribution in [0, 0.1) is 0 Å². The third-order valence-electron chi connectivity index (χ3n) is 2.25. The van der Waals surface area contributed by atoms with Crippen LogP contribution in [0.15, 0.2) is 29.4 Å². The molecule has 0 aliphatic rings.